The molecule has 0 spiro atoms. The zero-order chi connectivity index (χ0) is 21.7. The maximum atomic E-state index is 13.1. The summed E-state index contributed by atoms with van der Waals surface area (Å²) >= 11 is 1.44. The molecule has 1 N–H and O–H groups in total. The van der Waals surface area contributed by atoms with E-state index >= 15 is 0 Å². The predicted molar refractivity (Wildman–Crippen MR) is 119 cm³/mol. The number of carbonyl (C=O) groups excluding carboxylic acids is 2. The number of thiophene rings is 1. The molecule has 7 heteroatoms. The zero-order valence-electron chi connectivity index (χ0n) is 17.8. The Hall–Kier alpha value is -2.64. The molecule has 1 aliphatic heterocycles. The van der Waals surface area contributed by atoms with Crippen LogP contribution in [-0.2, 0) is 14.3 Å². The van der Waals surface area contributed by atoms with Crippen LogP contribution in [0.1, 0.15) is 39.0 Å². The molecule has 0 atom stereocenters. The summed E-state index contributed by atoms with van der Waals surface area (Å²) in [7, 11) is 0. The van der Waals surface area contributed by atoms with E-state index in [2.05, 4.69) is 5.32 Å². The molecule has 0 aliphatic carbocycles. The Bertz CT molecular complexity index is 902. The van der Waals surface area contributed by atoms with Crippen LogP contribution in [0, 0.1) is 0 Å². The standard InChI is InChI=1S/C23H28N2O4S/c1-15(2)28-13-6-12-25-22(26)20(19-7-5-14-30-19)21(23(25)27)24-17-8-10-18(11-9-17)29-16(3)4/h5,7-11,14-16,24H,6,12-13H2,1-4H3. The Labute approximate surface area is 181 Å². The highest BCUT2D eigenvalue weighted by molar-refractivity contribution is 7.11. The van der Waals surface area contributed by atoms with Crippen molar-refractivity contribution in [2.45, 2.75) is 46.3 Å². The van der Waals surface area contributed by atoms with E-state index in [9.17, 15) is 9.59 Å². The van der Waals surface area contributed by atoms with Crippen LogP contribution in [0.3, 0.4) is 0 Å². The first-order chi connectivity index (χ1) is 14.4. The molecule has 3 rings (SSSR count). The second-order valence-corrected chi connectivity index (χ2v) is 8.53. The summed E-state index contributed by atoms with van der Waals surface area (Å²) in [6, 6.07) is 11.1. The van der Waals surface area contributed by atoms with Gasteiger partial charge >= 0.3 is 0 Å². The number of rotatable bonds is 10. The van der Waals surface area contributed by atoms with Gasteiger partial charge in [0.15, 0.2) is 0 Å². The molecule has 0 bridgehead atoms. The molecule has 160 valence electrons. The van der Waals surface area contributed by atoms with Gasteiger partial charge in [-0.3, -0.25) is 14.5 Å². The molecule has 30 heavy (non-hydrogen) atoms. The van der Waals surface area contributed by atoms with Crippen LogP contribution < -0.4 is 10.1 Å². The second kappa shape index (κ2) is 9.91. The number of amides is 2. The van der Waals surface area contributed by atoms with E-state index in [1.807, 2.05) is 69.5 Å². The first kappa shape index (κ1) is 22.1. The predicted octanol–water partition coefficient (Wildman–Crippen LogP) is 4.54. The first-order valence-electron chi connectivity index (χ1n) is 10.2. The van der Waals surface area contributed by atoms with Gasteiger partial charge in [0.1, 0.15) is 11.4 Å². The molecule has 1 aromatic carbocycles. The minimum absolute atomic E-state index is 0.0826. The SMILES string of the molecule is CC(C)OCCCN1C(=O)C(Nc2ccc(OC(C)C)cc2)=C(c2cccs2)C1=O. The average molecular weight is 429 g/mol. The Kier molecular flexibility index (Phi) is 7.29. The molecular formula is C23H28N2O4S. The normalized spacial score (nSPS) is 14.4. The molecule has 1 aromatic heterocycles. The fourth-order valence-electron chi connectivity index (χ4n) is 3.12. The van der Waals surface area contributed by atoms with Crippen LogP contribution in [0.4, 0.5) is 5.69 Å². The fraction of sp³-hybridized carbons (Fsp3) is 0.391. The Morgan fingerprint density at radius 3 is 2.33 bits per heavy atom. The number of ether oxygens (including phenoxy) is 2. The number of carbonyl (C=O) groups is 2. The van der Waals surface area contributed by atoms with Crippen LogP contribution in [0.2, 0.25) is 0 Å². The Balaban J connectivity index is 1.79. The summed E-state index contributed by atoms with van der Waals surface area (Å²) in [5.41, 5.74) is 1.45. The van der Waals surface area contributed by atoms with Gasteiger partial charge in [-0.1, -0.05) is 6.07 Å². The number of benzene rings is 1. The van der Waals surface area contributed by atoms with Crippen LogP contribution in [0.5, 0.6) is 5.75 Å². The van der Waals surface area contributed by atoms with Crippen molar-refractivity contribution >= 4 is 34.4 Å². The van der Waals surface area contributed by atoms with Crippen LogP contribution in [-0.4, -0.2) is 42.1 Å². The van der Waals surface area contributed by atoms with Crippen molar-refractivity contribution in [3.8, 4) is 5.75 Å². The summed E-state index contributed by atoms with van der Waals surface area (Å²) in [5, 5.41) is 5.06. The molecule has 2 amide bonds. The lowest BCUT2D eigenvalue weighted by Crippen LogP contribution is -2.34. The van der Waals surface area contributed by atoms with Gasteiger partial charge in [0, 0.05) is 23.7 Å². The minimum Gasteiger partial charge on any atom is -0.491 e. The lowest BCUT2D eigenvalue weighted by molar-refractivity contribution is -0.137. The zero-order valence-corrected chi connectivity index (χ0v) is 18.6. The van der Waals surface area contributed by atoms with Crippen LogP contribution >= 0.6 is 11.3 Å². The van der Waals surface area contributed by atoms with Crippen molar-refractivity contribution < 1.29 is 19.1 Å². The van der Waals surface area contributed by atoms with E-state index in [1.54, 1.807) is 0 Å². The van der Waals surface area contributed by atoms with Crippen molar-refractivity contribution in [1.82, 2.24) is 4.90 Å². The van der Waals surface area contributed by atoms with E-state index < -0.39 is 0 Å². The van der Waals surface area contributed by atoms with Gasteiger partial charge in [0.25, 0.3) is 11.8 Å². The molecule has 2 heterocycles. The lowest BCUT2D eigenvalue weighted by atomic mass is 10.2. The van der Waals surface area contributed by atoms with Crippen LogP contribution in [0.25, 0.3) is 5.57 Å². The minimum atomic E-state index is -0.310. The third-order valence-electron chi connectivity index (χ3n) is 4.41. The molecule has 6 nitrogen and oxygen atoms in total. The van der Waals surface area contributed by atoms with Gasteiger partial charge in [-0.15, -0.1) is 11.3 Å². The third kappa shape index (κ3) is 5.29. The lowest BCUT2D eigenvalue weighted by Gasteiger charge is -2.16. The van der Waals surface area contributed by atoms with Crippen molar-refractivity contribution in [3.63, 3.8) is 0 Å². The quantitative estimate of drug-likeness (QED) is 0.444. The van der Waals surface area contributed by atoms with E-state index in [1.165, 1.54) is 16.2 Å². The van der Waals surface area contributed by atoms with Crippen molar-refractivity contribution in [3.05, 3.63) is 52.4 Å². The first-order valence-corrected chi connectivity index (χ1v) is 11.0. The van der Waals surface area contributed by atoms with Gasteiger partial charge in [0.05, 0.1) is 17.8 Å². The molecule has 0 unspecified atom stereocenters. The smallest absolute Gasteiger partial charge is 0.278 e. The van der Waals surface area contributed by atoms with E-state index in [0.29, 0.717) is 30.8 Å². The summed E-state index contributed by atoms with van der Waals surface area (Å²) in [5.74, 6) is 0.174. The molecule has 0 saturated carbocycles. The molecular weight excluding hydrogens is 400 g/mol. The van der Waals surface area contributed by atoms with Crippen molar-refractivity contribution in [1.29, 1.82) is 0 Å². The number of nitrogens with one attached hydrogen (secondary N) is 1. The van der Waals surface area contributed by atoms with Gasteiger partial charge in [-0.2, -0.15) is 0 Å². The molecule has 0 fully saturated rings. The van der Waals surface area contributed by atoms with Gasteiger partial charge in [-0.05, 0) is 69.8 Å². The summed E-state index contributed by atoms with van der Waals surface area (Å²) < 4.78 is 11.2. The summed E-state index contributed by atoms with van der Waals surface area (Å²) in [6.07, 6.45) is 0.802. The third-order valence-corrected chi connectivity index (χ3v) is 5.30. The van der Waals surface area contributed by atoms with Crippen molar-refractivity contribution in [2.75, 3.05) is 18.5 Å². The Morgan fingerprint density at radius 1 is 1.00 bits per heavy atom. The summed E-state index contributed by atoms with van der Waals surface area (Å²) in [6.45, 7) is 8.68. The molecule has 0 radical (unpaired) electrons. The fourth-order valence-corrected chi connectivity index (χ4v) is 3.89. The highest BCUT2D eigenvalue weighted by Gasteiger charge is 2.39. The van der Waals surface area contributed by atoms with E-state index in [4.69, 9.17) is 9.47 Å². The monoisotopic (exact) mass is 428 g/mol. The highest BCUT2D eigenvalue weighted by Crippen LogP contribution is 2.33. The van der Waals surface area contributed by atoms with E-state index in [0.717, 1.165) is 16.3 Å². The summed E-state index contributed by atoms with van der Waals surface area (Å²) in [4.78, 5) is 28.2. The number of hydrogen-bond donors (Lipinski definition) is 1. The van der Waals surface area contributed by atoms with E-state index in [-0.39, 0.29) is 24.0 Å². The topological polar surface area (TPSA) is 67.9 Å². The van der Waals surface area contributed by atoms with Crippen molar-refractivity contribution in [2.24, 2.45) is 0 Å². The molecule has 2 aromatic rings. The maximum Gasteiger partial charge on any atom is 0.278 e. The largest absolute Gasteiger partial charge is 0.491 e. The molecule has 0 saturated heterocycles. The van der Waals surface area contributed by atoms with Crippen LogP contribution in [0.15, 0.2) is 47.5 Å². The average Bonchev–Trinajstić information content (AvgIpc) is 3.28. The van der Waals surface area contributed by atoms with Gasteiger partial charge in [0.2, 0.25) is 0 Å². The van der Waals surface area contributed by atoms with Gasteiger partial charge in [-0.25, -0.2) is 0 Å². The second-order valence-electron chi connectivity index (χ2n) is 7.58. The van der Waals surface area contributed by atoms with Gasteiger partial charge < -0.3 is 14.8 Å². The number of anilines is 1. The number of imide groups is 1. The highest BCUT2D eigenvalue weighted by atomic mass is 32.1. The Morgan fingerprint density at radius 2 is 1.73 bits per heavy atom. The number of nitrogens with zero attached hydrogens (tertiary/aromatic N) is 1. The maximum absolute atomic E-state index is 13.1. The number of hydrogen-bond acceptors (Lipinski definition) is 6. The molecule has 1 aliphatic rings.